The number of nitrogens with one attached hydrogen (secondary N) is 2. The van der Waals surface area contributed by atoms with E-state index in [2.05, 4.69) is 22.5 Å². The van der Waals surface area contributed by atoms with Crippen molar-refractivity contribution in [3.05, 3.63) is 57.6 Å². The second kappa shape index (κ2) is 18.3. The second-order valence-corrected chi connectivity index (χ2v) is 14.2. The quantitative estimate of drug-likeness (QED) is 0.267. The Balaban J connectivity index is 1.56. The monoisotopic (exact) mass is 690 g/mol. The highest BCUT2D eigenvalue weighted by Gasteiger charge is 2.30. The van der Waals surface area contributed by atoms with Gasteiger partial charge in [-0.1, -0.05) is 55.5 Å². The maximum absolute atomic E-state index is 14.4. The van der Waals surface area contributed by atoms with Gasteiger partial charge >= 0.3 is 6.03 Å². The molecule has 0 saturated heterocycles. The van der Waals surface area contributed by atoms with Crippen LogP contribution in [0.1, 0.15) is 88.1 Å². The van der Waals surface area contributed by atoms with Crippen LogP contribution in [0.5, 0.6) is 5.75 Å². The van der Waals surface area contributed by atoms with Crippen molar-refractivity contribution in [2.24, 2.45) is 5.92 Å². The average Bonchev–Trinajstić information content (AvgIpc) is 3.04. The van der Waals surface area contributed by atoms with Crippen molar-refractivity contribution in [1.82, 2.24) is 15.1 Å². The number of benzene rings is 2. The largest absolute Gasteiger partial charge is 0.490 e. The van der Waals surface area contributed by atoms with E-state index in [4.69, 9.17) is 32.7 Å². The molecule has 4 rings (SSSR count). The fraction of sp³-hybridized carbons (Fsp3) is 0.611. The zero-order chi connectivity index (χ0) is 33.9. The van der Waals surface area contributed by atoms with E-state index < -0.39 is 6.04 Å². The Morgan fingerprint density at radius 3 is 2.51 bits per heavy atom. The molecule has 0 radical (unpaired) electrons. The predicted octanol–water partition coefficient (Wildman–Crippen LogP) is 7.38. The lowest BCUT2D eigenvalue weighted by Crippen LogP contribution is -2.47. The summed E-state index contributed by atoms with van der Waals surface area (Å²) in [6, 6.07) is 10.3. The molecule has 2 aliphatic rings. The van der Waals surface area contributed by atoms with E-state index in [1.54, 1.807) is 29.2 Å². The summed E-state index contributed by atoms with van der Waals surface area (Å²) in [5.41, 5.74) is 1.91. The fourth-order valence-electron chi connectivity index (χ4n) is 6.38. The average molecular weight is 692 g/mol. The number of aliphatic hydroxyl groups excluding tert-OH is 1. The molecule has 47 heavy (non-hydrogen) atoms. The molecule has 3 amide bonds. The standard InChI is InChI=1S/C36H52Cl2N4O5/c1-24-20-42(25(2)23-43)35(44)30-19-29(40-36(45)39-28-11-6-5-7-12-28)14-16-33(30)47-26(3)10-8-9-17-46-34(24)22-41(4)21-27-13-15-31(37)32(38)18-27/h13-16,18-19,24-26,28,34,43H,5-12,17,20-23H2,1-4H3,(H2,39,40,45)/t24-,25+,26-,34+/m1/s1. The Morgan fingerprint density at radius 2 is 1.79 bits per heavy atom. The zero-order valence-corrected chi connectivity index (χ0v) is 29.8. The molecule has 1 aliphatic heterocycles. The normalized spacial score (nSPS) is 22.6. The van der Waals surface area contributed by atoms with Crippen LogP contribution in [-0.4, -0.2) is 84.5 Å². The third-order valence-corrected chi connectivity index (χ3v) is 9.92. The number of carbonyl (C=O) groups excluding carboxylic acids is 2. The lowest BCUT2D eigenvalue weighted by Gasteiger charge is -2.36. The second-order valence-electron chi connectivity index (χ2n) is 13.4. The van der Waals surface area contributed by atoms with Gasteiger partial charge in [-0.15, -0.1) is 0 Å². The molecule has 1 saturated carbocycles. The number of hydrogen-bond acceptors (Lipinski definition) is 6. The van der Waals surface area contributed by atoms with Gasteiger partial charge in [0.25, 0.3) is 5.91 Å². The van der Waals surface area contributed by atoms with Gasteiger partial charge < -0.3 is 30.1 Å². The Hall–Kier alpha value is -2.56. The molecule has 1 fully saturated rings. The number of anilines is 1. The Morgan fingerprint density at radius 1 is 1.04 bits per heavy atom. The molecule has 11 heteroatoms. The first kappa shape index (κ1) is 37.3. The van der Waals surface area contributed by atoms with Crippen molar-refractivity contribution in [2.75, 3.05) is 38.7 Å². The van der Waals surface area contributed by atoms with Gasteiger partial charge in [-0.25, -0.2) is 4.79 Å². The van der Waals surface area contributed by atoms with Crippen molar-refractivity contribution in [3.8, 4) is 5.75 Å². The van der Waals surface area contributed by atoms with E-state index in [-0.39, 0.29) is 42.7 Å². The highest BCUT2D eigenvalue weighted by atomic mass is 35.5. The number of hydrogen-bond donors (Lipinski definition) is 3. The first-order valence-electron chi connectivity index (χ1n) is 17.1. The summed E-state index contributed by atoms with van der Waals surface area (Å²) in [4.78, 5) is 31.1. The number of fused-ring (bicyclic) bond motifs is 1. The molecule has 0 unspecified atom stereocenters. The summed E-state index contributed by atoms with van der Waals surface area (Å²) < 4.78 is 12.8. The number of urea groups is 1. The summed E-state index contributed by atoms with van der Waals surface area (Å²) in [6.45, 7) is 7.98. The van der Waals surface area contributed by atoms with Crippen molar-refractivity contribution < 1.29 is 24.2 Å². The molecular weight excluding hydrogens is 639 g/mol. The summed E-state index contributed by atoms with van der Waals surface area (Å²) in [7, 11) is 2.04. The molecule has 4 atom stereocenters. The number of ether oxygens (including phenoxy) is 2. The molecule has 260 valence electrons. The van der Waals surface area contributed by atoms with Crippen LogP contribution in [0, 0.1) is 5.92 Å². The van der Waals surface area contributed by atoms with Crippen molar-refractivity contribution in [2.45, 2.75) is 103 Å². The van der Waals surface area contributed by atoms with Crippen LogP contribution in [0.3, 0.4) is 0 Å². The molecule has 9 nitrogen and oxygen atoms in total. The summed E-state index contributed by atoms with van der Waals surface area (Å²) in [6.07, 6.45) is 7.69. The molecule has 1 heterocycles. The Labute approximate surface area is 290 Å². The molecule has 0 aromatic heterocycles. The molecule has 2 aromatic rings. The number of rotatable bonds is 8. The zero-order valence-electron chi connectivity index (χ0n) is 28.3. The van der Waals surface area contributed by atoms with Gasteiger partial charge in [0.05, 0.1) is 40.5 Å². The van der Waals surface area contributed by atoms with Gasteiger partial charge in [-0.2, -0.15) is 0 Å². The topological polar surface area (TPSA) is 103 Å². The van der Waals surface area contributed by atoms with Crippen LogP contribution in [0.4, 0.5) is 10.5 Å². The van der Waals surface area contributed by atoms with E-state index in [1.165, 1.54) is 6.42 Å². The Kier molecular flexibility index (Phi) is 14.5. The van der Waals surface area contributed by atoms with E-state index >= 15 is 0 Å². The minimum absolute atomic E-state index is 0.0574. The number of aliphatic hydroxyl groups is 1. The maximum Gasteiger partial charge on any atom is 0.319 e. The number of nitrogens with zero attached hydrogens (tertiary/aromatic N) is 2. The van der Waals surface area contributed by atoms with Gasteiger partial charge in [0, 0.05) is 43.9 Å². The van der Waals surface area contributed by atoms with Crippen LogP contribution in [-0.2, 0) is 11.3 Å². The summed E-state index contributed by atoms with van der Waals surface area (Å²) >= 11 is 12.4. The van der Waals surface area contributed by atoms with Gasteiger partial charge in [-0.3, -0.25) is 9.69 Å². The fourth-order valence-corrected chi connectivity index (χ4v) is 6.70. The SMILES string of the molecule is C[C@@H]1CCCCO[C@@H](CN(C)Cc2ccc(Cl)c(Cl)c2)[C@H](C)CN([C@@H](C)CO)C(=O)c2cc(NC(=O)NC3CCCCC3)ccc2O1. The maximum atomic E-state index is 14.4. The van der Waals surface area contributed by atoms with Crippen molar-refractivity contribution in [1.29, 1.82) is 0 Å². The third-order valence-electron chi connectivity index (χ3n) is 9.18. The Bertz CT molecular complexity index is 1320. The van der Waals surface area contributed by atoms with E-state index in [0.29, 0.717) is 53.3 Å². The van der Waals surface area contributed by atoms with Crippen molar-refractivity contribution in [3.63, 3.8) is 0 Å². The summed E-state index contributed by atoms with van der Waals surface area (Å²) in [5, 5.41) is 17.3. The predicted molar refractivity (Wildman–Crippen MR) is 189 cm³/mol. The lowest BCUT2D eigenvalue weighted by molar-refractivity contribution is -0.0177. The molecule has 1 aliphatic carbocycles. The van der Waals surface area contributed by atoms with Crippen LogP contribution in [0.25, 0.3) is 0 Å². The van der Waals surface area contributed by atoms with Crippen LogP contribution in [0.2, 0.25) is 10.0 Å². The number of likely N-dealkylation sites (N-methyl/N-ethyl adjacent to an activating group) is 1. The third kappa shape index (κ3) is 11.2. The summed E-state index contributed by atoms with van der Waals surface area (Å²) in [5.74, 6) is 0.143. The molecule has 3 N–H and O–H groups in total. The van der Waals surface area contributed by atoms with Crippen molar-refractivity contribution >= 4 is 40.8 Å². The first-order valence-corrected chi connectivity index (χ1v) is 17.8. The minimum atomic E-state index is -0.455. The number of amides is 3. The van der Waals surface area contributed by atoms with Gasteiger partial charge in [0.1, 0.15) is 5.75 Å². The van der Waals surface area contributed by atoms with Gasteiger partial charge in [-0.05, 0) is 88.9 Å². The number of halogens is 2. The van der Waals surface area contributed by atoms with Gasteiger partial charge in [0.2, 0.25) is 0 Å². The molecule has 0 bridgehead atoms. The lowest BCUT2D eigenvalue weighted by atomic mass is 9.96. The van der Waals surface area contributed by atoms with E-state index in [0.717, 1.165) is 50.5 Å². The first-order chi connectivity index (χ1) is 22.5. The smallest absolute Gasteiger partial charge is 0.319 e. The van der Waals surface area contributed by atoms with Crippen LogP contribution < -0.4 is 15.4 Å². The minimum Gasteiger partial charge on any atom is -0.490 e. The highest BCUT2D eigenvalue weighted by molar-refractivity contribution is 6.42. The highest BCUT2D eigenvalue weighted by Crippen LogP contribution is 2.29. The molecular formula is C36H52Cl2N4O5. The van der Waals surface area contributed by atoms with Crippen LogP contribution >= 0.6 is 23.2 Å². The van der Waals surface area contributed by atoms with Gasteiger partial charge in [0.15, 0.2) is 0 Å². The number of carbonyl (C=O) groups is 2. The molecule has 2 aromatic carbocycles. The van der Waals surface area contributed by atoms with Crippen LogP contribution in [0.15, 0.2) is 36.4 Å². The molecule has 0 spiro atoms. The van der Waals surface area contributed by atoms with E-state index in [9.17, 15) is 14.7 Å². The van der Waals surface area contributed by atoms with E-state index in [1.807, 2.05) is 33.0 Å².